The monoisotopic (exact) mass is 590 g/mol. The first kappa shape index (κ1) is 29.7. The molecule has 0 spiro atoms. The fraction of sp³-hybridized carbons (Fsp3) is 0.333. The summed E-state index contributed by atoms with van der Waals surface area (Å²) in [7, 11) is -1.72. The Kier molecular flexibility index (Phi) is 9.63. The maximum atomic E-state index is 12.6. The summed E-state index contributed by atoms with van der Waals surface area (Å²) in [4.78, 5) is 17.6. The minimum absolute atomic E-state index is 0.119. The number of anilines is 2. The number of nitrogens with one attached hydrogen (secondary N) is 1. The number of rotatable bonds is 7. The van der Waals surface area contributed by atoms with Crippen molar-refractivity contribution in [2.45, 2.75) is 36.5 Å². The van der Waals surface area contributed by atoms with Crippen molar-refractivity contribution in [1.82, 2.24) is 9.88 Å². The van der Waals surface area contributed by atoms with Crippen LogP contribution in [0.1, 0.15) is 24.9 Å². The molecule has 1 aromatic heterocycles. The number of nitrogens with zero attached hydrogens (tertiary/aromatic N) is 3. The summed E-state index contributed by atoms with van der Waals surface area (Å²) in [6.45, 7) is 4.17. The molecule has 0 bridgehead atoms. The maximum Gasteiger partial charge on any atom is 0.490 e. The van der Waals surface area contributed by atoms with Gasteiger partial charge in [0.25, 0.3) is 10.0 Å². The van der Waals surface area contributed by atoms with Crippen LogP contribution in [0.15, 0.2) is 64.3 Å². The number of likely N-dealkylation sites (tertiary alicyclic amines) is 1. The van der Waals surface area contributed by atoms with Gasteiger partial charge in [-0.2, -0.15) is 13.2 Å². The molecule has 2 heterocycles. The van der Waals surface area contributed by atoms with E-state index < -0.39 is 22.2 Å². The second kappa shape index (κ2) is 12.3. The molecule has 2 atom stereocenters. The molecule has 2 aromatic carbocycles. The van der Waals surface area contributed by atoms with Gasteiger partial charge in [-0.1, -0.05) is 41.9 Å². The number of aromatic nitrogens is 1. The van der Waals surface area contributed by atoms with Gasteiger partial charge in [-0.05, 0) is 37.1 Å². The van der Waals surface area contributed by atoms with Gasteiger partial charge in [0.2, 0.25) is 0 Å². The van der Waals surface area contributed by atoms with Crippen molar-refractivity contribution in [2.75, 3.05) is 29.8 Å². The maximum absolute atomic E-state index is 12.6. The zero-order chi connectivity index (χ0) is 28.1. The van der Waals surface area contributed by atoms with Crippen LogP contribution >= 0.6 is 22.9 Å². The summed E-state index contributed by atoms with van der Waals surface area (Å²) in [5.74, 6) is -2.45. The van der Waals surface area contributed by atoms with Crippen LogP contribution in [0.3, 0.4) is 0 Å². The third-order valence-corrected chi connectivity index (χ3v) is 8.34. The third-order valence-electron chi connectivity index (χ3n) is 6.10. The van der Waals surface area contributed by atoms with E-state index in [9.17, 15) is 21.6 Å². The SMILES string of the molecule is CC(c1ccccc1)N1CC[C@H](N(C)c2ccc(S(=O)(=O)Nc3cscn3)cc2Cl)C1.O=C(O)C(F)(F)F. The molecule has 1 aliphatic rings. The number of carboxylic acids is 1. The van der Waals surface area contributed by atoms with Crippen LogP contribution in [0.2, 0.25) is 5.02 Å². The number of halogens is 4. The van der Waals surface area contributed by atoms with Gasteiger partial charge >= 0.3 is 12.1 Å². The van der Waals surface area contributed by atoms with Crippen LogP contribution in [0, 0.1) is 0 Å². The fourth-order valence-electron chi connectivity index (χ4n) is 3.98. The molecule has 4 rings (SSSR count). The van der Waals surface area contributed by atoms with Crippen molar-refractivity contribution in [2.24, 2.45) is 0 Å². The normalized spacial score (nSPS) is 16.8. The molecule has 14 heteroatoms. The summed E-state index contributed by atoms with van der Waals surface area (Å²) in [5.41, 5.74) is 3.71. The molecule has 1 fully saturated rings. The zero-order valence-corrected chi connectivity index (χ0v) is 22.8. The predicted octanol–water partition coefficient (Wildman–Crippen LogP) is 5.50. The minimum Gasteiger partial charge on any atom is -0.475 e. The van der Waals surface area contributed by atoms with Crippen molar-refractivity contribution >= 4 is 50.4 Å². The highest BCUT2D eigenvalue weighted by atomic mass is 35.5. The number of hydrogen-bond acceptors (Lipinski definition) is 7. The van der Waals surface area contributed by atoms with E-state index in [1.165, 1.54) is 23.0 Å². The van der Waals surface area contributed by atoms with E-state index in [0.29, 0.717) is 22.9 Å². The van der Waals surface area contributed by atoms with E-state index in [4.69, 9.17) is 21.5 Å². The number of likely N-dealkylation sites (N-methyl/N-ethyl adjacent to an activating group) is 1. The Morgan fingerprint density at radius 1 is 1.26 bits per heavy atom. The van der Waals surface area contributed by atoms with Crippen LogP contribution in [0.25, 0.3) is 0 Å². The summed E-state index contributed by atoms with van der Waals surface area (Å²) in [6.07, 6.45) is -4.06. The molecular formula is C24H26ClF3N4O4S2. The van der Waals surface area contributed by atoms with E-state index in [-0.39, 0.29) is 4.90 Å². The smallest absolute Gasteiger partial charge is 0.475 e. The summed E-state index contributed by atoms with van der Waals surface area (Å²) < 4.78 is 59.4. The topological polar surface area (TPSA) is 103 Å². The number of aliphatic carboxylic acids is 1. The molecule has 0 radical (unpaired) electrons. The molecule has 8 nitrogen and oxygen atoms in total. The average Bonchev–Trinajstić information content (AvgIpc) is 3.56. The fourth-order valence-corrected chi connectivity index (χ4v) is 5.94. The summed E-state index contributed by atoms with van der Waals surface area (Å²) in [5, 5.41) is 9.18. The molecule has 0 saturated carbocycles. The van der Waals surface area contributed by atoms with Gasteiger partial charge in [-0.25, -0.2) is 18.2 Å². The lowest BCUT2D eigenvalue weighted by Gasteiger charge is -2.30. The Morgan fingerprint density at radius 3 is 2.47 bits per heavy atom. The Bertz CT molecular complexity index is 1330. The first-order chi connectivity index (χ1) is 17.8. The van der Waals surface area contributed by atoms with Crippen molar-refractivity contribution in [3.8, 4) is 0 Å². The Hall–Kier alpha value is -2.87. The molecule has 1 unspecified atom stereocenters. The summed E-state index contributed by atoms with van der Waals surface area (Å²) in [6, 6.07) is 16.0. The number of benzene rings is 2. The van der Waals surface area contributed by atoms with E-state index >= 15 is 0 Å². The molecule has 0 aliphatic carbocycles. The molecule has 0 amide bonds. The molecular weight excluding hydrogens is 565 g/mol. The highest BCUT2D eigenvalue weighted by Gasteiger charge is 2.38. The van der Waals surface area contributed by atoms with Crippen LogP contribution in [0.5, 0.6) is 0 Å². The van der Waals surface area contributed by atoms with Crippen LogP contribution in [0.4, 0.5) is 24.7 Å². The first-order valence-corrected chi connectivity index (χ1v) is 14.1. The van der Waals surface area contributed by atoms with Crippen molar-refractivity contribution in [1.29, 1.82) is 0 Å². The lowest BCUT2D eigenvalue weighted by atomic mass is 10.1. The molecule has 206 valence electrons. The summed E-state index contributed by atoms with van der Waals surface area (Å²) >= 11 is 7.85. The van der Waals surface area contributed by atoms with E-state index in [1.54, 1.807) is 23.0 Å². The molecule has 38 heavy (non-hydrogen) atoms. The van der Waals surface area contributed by atoms with E-state index in [2.05, 4.69) is 50.7 Å². The third kappa shape index (κ3) is 7.59. The molecule has 3 aromatic rings. The lowest BCUT2D eigenvalue weighted by molar-refractivity contribution is -0.192. The van der Waals surface area contributed by atoms with Gasteiger partial charge in [-0.15, -0.1) is 11.3 Å². The molecule has 1 saturated heterocycles. The van der Waals surface area contributed by atoms with E-state index in [1.807, 2.05) is 13.1 Å². The molecule has 1 aliphatic heterocycles. The lowest BCUT2D eigenvalue weighted by Crippen LogP contribution is -2.35. The van der Waals surface area contributed by atoms with Gasteiger partial charge < -0.3 is 10.0 Å². The number of carbonyl (C=O) groups is 1. The second-order valence-corrected chi connectivity index (χ2v) is 11.3. The first-order valence-electron chi connectivity index (χ1n) is 11.3. The Morgan fingerprint density at radius 2 is 1.92 bits per heavy atom. The highest BCUT2D eigenvalue weighted by molar-refractivity contribution is 7.92. The van der Waals surface area contributed by atoms with Crippen LogP contribution in [-0.2, 0) is 14.8 Å². The van der Waals surface area contributed by atoms with Gasteiger partial charge in [0.1, 0.15) is 0 Å². The van der Waals surface area contributed by atoms with E-state index in [0.717, 1.165) is 25.2 Å². The Balaban J connectivity index is 0.000000505. The average molecular weight is 591 g/mol. The largest absolute Gasteiger partial charge is 0.490 e. The van der Waals surface area contributed by atoms with Crippen LogP contribution < -0.4 is 9.62 Å². The van der Waals surface area contributed by atoms with Crippen molar-refractivity contribution < 1.29 is 31.5 Å². The highest BCUT2D eigenvalue weighted by Crippen LogP contribution is 2.33. The van der Waals surface area contributed by atoms with Gasteiger partial charge in [0, 0.05) is 37.6 Å². The number of alkyl halides is 3. The van der Waals surface area contributed by atoms with Gasteiger partial charge in [-0.3, -0.25) is 9.62 Å². The van der Waals surface area contributed by atoms with Gasteiger partial charge in [0.15, 0.2) is 5.82 Å². The van der Waals surface area contributed by atoms with Crippen molar-refractivity contribution in [3.05, 3.63) is 70.0 Å². The quantitative estimate of drug-likeness (QED) is 0.374. The molecule has 2 N–H and O–H groups in total. The number of thiazole rings is 1. The predicted molar refractivity (Wildman–Crippen MR) is 141 cm³/mol. The zero-order valence-electron chi connectivity index (χ0n) is 20.4. The Labute approximate surface area is 227 Å². The van der Waals surface area contributed by atoms with Crippen LogP contribution in [-0.4, -0.2) is 61.7 Å². The second-order valence-electron chi connectivity index (χ2n) is 8.53. The number of hydrogen-bond donors (Lipinski definition) is 2. The van der Waals surface area contributed by atoms with Crippen molar-refractivity contribution in [3.63, 3.8) is 0 Å². The number of carboxylic acid groups (broad SMARTS) is 1. The standard InChI is InChI=1S/C22H25ClN4O2S2.C2HF3O2/c1-16(17-6-4-3-5-7-17)27-11-10-18(13-27)26(2)21-9-8-19(12-20(21)23)31(28,29)25-22-14-30-15-24-22;3-2(4,5)1(6)7/h3-9,12,14-16,18,25H,10-11,13H2,1-2H3;(H,6,7)/t16?,18-;/m0./s1. The van der Waals surface area contributed by atoms with Gasteiger partial charge in [0.05, 0.1) is 21.1 Å². The number of sulfonamides is 1. The minimum atomic E-state index is -5.08.